The third-order valence-corrected chi connectivity index (χ3v) is 3.14. The maximum absolute atomic E-state index is 11.3. The Morgan fingerprint density at radius 2 is 2.05 bits per heavy atom. The van der Waals surface area contributed by atoms with Gasteiger partial charge in [-0.1, -0.05) is 35.4 Å². The number of carbonyl (C=O) groups excluding carboxylic acids is 1. The number of benzene rings is 1. The van der Waals surface area contributed by atoms with Crippen LogP contribution in [0.2, 0.25) is 10.0 Å². The highest BCUT2D eigenvalue weighted by atomic mass is 35.5. The average Bonchev–Trinajstić information content (AvgIpc) is 2.43. The van der Waals surface area contributed by atoms with Gasteiger partial charge in [0.05, 0.1) is 22.2 Å². The molecule has 0 aromatic heterocycles. The molecule has 0 fully saturated rings. The Balaban J connectivity index is 3.00. The van der Waals surface area contributed by atoms with Gasteiger partial charge in [0.25, 0.3) is 0 Å². The van der Waals surface area contributed by atoms with Gasteiger partial charge in [0, 0.05) is 0 Å². The molecular formula is C14H12Cl2N2O3S. The standard InChI is InChI=1S/C14H12Cl2N2O3S/c1-2-20-12(19)7-21-13-10(15)4-8(5-11(13)16)3-9(6-17)14(18)22/h3-5H,2,7H2,1H3,(H2,18,22)/b9-3-. The lowest BCUT2D eigenvalue weighted by molar-refractivity contribution is -0.145. The monoisotopic (exact) mass is 358 g/mol. The van der Waals surface area contributed by atoms with Crippen LogP contribution in [0.1, 0.15) is 12.5 Å². The minimum Gasteiger partial charge on any atom is -0.479 e. The topological polar surface area (TPSA) is 85.3 Å². The smallest absolute Gasteiger partial charge is 0.344 e. The molecule has 0 atom stereocenters. The van der Waals surface area contributed by atoms with E-state index in [9.17, 15) is 4.79 Å². The van der Waals surface area contributed by atoms with E-state index in [1.807, 2.05) is 6.07 Å². The van der Waals surface area contributed by atoms with Crippen LogP contribution in [-0.4, -0.2) is 24.2 Å². The zero-order valence-electron chi connectivity index (χ0n) is 11.6. The maximum Gasteiger partial charge on any atom is 0.344 e. The van der Waals surface area contributed by atoms with Crippen LogP contribution in [0.5, 0.6) is 5.75 Å². The molecule has 0 spiro atoms. The predicted octanol–water partition coefficient (Wildman–Crippen LogP) is 3.13. The van der Waals surface area contributed by atoms with Gasteiger partial charge in [0.1, 0.15) is 11.1 Å². The van der Waals surface area contributed by atoms with Crippen molar-refractivity contribution in [1.29, 1.82) is 5.26 Å². The molecule has 0 saturated carbocycles. The van der Waals surface area contributed by atoms with Crippen molar-refractivity contribution in [2.75, 3.05) is 13.2 Å². The first-order chi connectivity index (χ1) is 10.4. The number of carbonyl (C=O) groups is 1. The Labute approximate surface area is 143 Å². The first-order valence-electron chi connectivity index (χ1n) is 6.08. The van der Waals surface area contributed by atoms with Crippen LogP contribution in [0.25, 0.3) is 6.08 Å². The summed E-state index contributed by atoms with van der Waals surface area (Å²) in [6, 6.07) is 4.91. The molecule has 0 aliphatic rings. The Morgan fingerprint density at radius 1 is 1.45 bits per heavy atom. The number of nitrogens with zero attached hydrogens (tertiary/aromatic N) is 1. The minimum absolute atomic E-state index is 0.0302. The number of rotatable bonds is 6. The number of halogens is 2. The van der Waals surface area contributed by atoms with E-state index in [2.05, 4.69) is 0 Å². The Kier molecular flexibility index (Phi) is 7.12. The normalized spacial score (nSPS) is 10.7. The number of thiocarbonyl (C=S) groups is 1. The zero-order chi connectivity index (χ0) is 16.7. The number of nitriles is 1. The number of hydrogen-bond acceptors (Lipinski definition) is 5. The maximum atomic E-state index is 11.3. The van der Waals surface area contributed by atoms with Crippen LogP contribution in [0, 0.1) is 11.3 Å². The van der Waals surface area contributed by atoms with E-state index >= 15 is 0 Å². The lowest BCUT2D eigenvalue weighted by Gasteiger charge is -2.10. The molecule has 0 unspecified atom stereocenters. The summed E-state index contributed by atoms with van der Waals surface area (Å²) >= 11 is 16.9. The van der Waals surface area contributed by atoms with Crippen molar-refractivity contribution in [3.8, 4) is 11.8 Å². The molecular weight excluding hydrogens is 347 g/mol. The second kappa shape index (κ2) is 8.59. The Hall–Kier alpha value is -1.81. The number of nitrogens with two attached hydrogens (primary N) is 1. The highest BCUT2D eigenvalue weighted by Crippen LogP contribution is 2.34. The van der Waals surface area contributed by atoms with Crippen molar-refractivity contribution in [1.82, 2.24) is 0 Å². The van der Waals surface area contributed by atoms with Gasteiger partial charge in [-0.25, -0.2) is 4.79 Å². The van der Waals surface area contributed by atoms with Gasteiger partial charge >= 0.3 is 5.97 Å². The van der Waals surface area contributed by atoms with Gasteiger partial charge < -0.3 is 15.2 Å². The van der Waals surface area contributed by atoms with Crippen molar-refractivity contribution < 1.29 is 14.3 Å². The fourth-order valence-corrected chi connectivity index (χ4v) is 2.18. The molecule has 0 aliphatic heterocycles. The van der Waals surface area contributed by atoms with E-state index in [0.29, 0.717) is 5.56 Å². The molecule has 5 nitrogen and oxygen atoms in total. The van der Waals surface area contributed by atoms with E-state index < -0.39 is 5.97 Å². The second-order valence-electron chi connectivity index (χ2n) is 3.94. The molecule has 2 N–H and O–H groups in total. The Morgan fingerprint density at radius 3 is 2.50 bits per heavy atom. The van der Waals surface area contributed by atoms with Crippen LogP contribution in [0.15, 0.2) is 17.7 Å². The van der Waals surface area contributed by atoms with E-state index in [4.69, 9.17) is 55.9 Å². The molecule has 116 valence electrons. The fraction of sp³-hybridized carbons (Fsp3) is 0.214. The molecule has 1 aromatic rings. The highest BCUT2D eigenvalue weighted by Gasteiger charge is 2.12. The van der Waals surface area contributed by atoms with E-state index in [1.54, 1.807) is 6.92 Å². The summed E-state index contributed by atoms with van der Waals surface area (Å²) in [5, 5.41) is 9.29. The summed E-state index contributed by atoms with van der Waals surface area (Å²) in [5.41, 5.74) is 6.07. The van der Waals surface area contributed by atoms with Gasteiger partial charge in [-0.2, -0.15) is 5.26 Å². The van der Waals surface area contributed by atoms with Crippen LogP contribution in [0.4, 0.5) is 0 Å². The largest absolute Gasteiger partial charge is 0.479 e. The van der Waals surface area contributed by atoms with Crippen molar-refractivity contribution in [3.63, 3.8) is 0 Å². The molecule has 0 saturated heterocycles. The number of hydrogen-bond donors (Lipinski definition) is 1. The van der Waals surface area contributed by atoms with E-state index in [-0.39, 0.29) is 39.6 Å². The van der Waals surface area contributed by atoms with Gasteiger partial charge in [-0.15, -0.1) is 0 Å². The summed E-state index contributed by atoms with van der Waals surface area (Å²) in [4.78, 5) is 11.2. The third kappa shape index (κ3) is 5.19. The van der Waals surface area contributed by atoms with Crippen LogP contribution in [-0.2, 0) is 9.53 Å². The first-order valence-corrected chi connectivity index (χ1v) is 7.24. The van der Waals surface area contributed by atoms with Gasteiger partial charge in [0.15, 0.2) is 12.4 Å². The second-order valence-corrected chi connectivity index (χ2v) is 5.20. The van der Waals surface area contributed by atoms with Crippen molar-refractivity contribution >= 4 is 52.5 Å². The quantitative estimate of drug-likeness (QED) is 0.364. The summed E-state index contributed by atoms with van der Waals surface area (Å²) in [7, 11) is 0. The summed E-state index contributed by atoms with van der Waals surface area (Å²) in [6.07, 6.45) is 1.45. The van der Waals surface area contributed by atoms with Gasteiger partial charge in [-0.05, 0) is 30.7 Å². The molecule has 0 radical (unpaired) electrons. The fourth-order valence-electron chi connectivity index (χ4n) is 1.46. The van der Waals surface area contributed by atoms with Crippen LogP contribution < -0.4 is 10.5 Å². The molecule has 0 aliphatic carbocycles. The first kappa shape index (κ1) is 18.2. The van der Waals surface area contributed by atoms with Gasteiger partial charge in [-0.3, -0.25) is 0 Å². The molecule has 1 rings (SSSR count). The number of ether oxygens (including phenoxy) is 2. The third-order valence-electron chi connectivity index (χ3n) is 2.36. The van der Waals surface area contributed by atoms with Crippen molar-refractivity contribution in [2.24, 2.45) is 5.73 Å². The zero-order valence-corrected chi connectivity index (χ0v) is 13.9. The van der Waals surface area contributed by atoms with E-state index in [0.717, 1.165) is 0 Å². The number of esters is 1. The Bertz CT molecular complexity index is 646. The van der Waals surface area contributed by atoms with Gasteiger partial charge in [0.2, 0.25) is 0 Å². The lowest BCUT2D eigenvalue weighted by atomic mass is 10.1. The SMILES string of the molecule is CCOC(=O)COc1c(Cl)cc(/C=C(/C#N)C(N)=S)cc1Cl. The molecule has 22 heavy (non-hydrogen) atoms. The molecule has 1 aromatic carbocycles. The average molecular weight is 359 g/mol. The molecule has 0 heterocycles. The summed E-state index contributed by atoms with van der Waals surface area (Å²) in [6.45, 7) is 1.63. The molecule has 0 amide bonds. The minimum atomic E-state index is -0.529. The van der Waals surface area contributed by atoms with Crippen molar-refractivity contribution in [3.05, 3.63) is 33.3 Å². The molecule has 0 bridgehead atoms. The van der Waals surface area contributed by atoms with Crippen LogP contribution in [0.3, 0.4) is 0 Å². The van der Waals surface area contributed by atoms with Crippen molar-refractivity contribution in [2.45, 2.75) is 6.92 Å². The summed E-state index contributed by atoms with van der Waals surface area (Å²) < 4.78 is 9.98. The van der Waals surface area contributed by atoms with Crippen LogP contribution >= 0.6 is 35.4 Å². The lowest BCUT2D eigenvalue weighted by Crippen LogP contribution is -2.15. The molecule has 8 heteroatoms. The summed E-state index contributed by atoms with van der Waals surface area (Å²) in [5.74, 6) is -0.374. The van der Waals surface area contributed by atoms with E-state index in [1.165, 1.54) is 18.2 Å². The predicted molar refractivity (Wildman–Crippen MR) is 89.0 cm³/mol. The highest BCUT2D eigenvalue weighted by molar-refractivity contribution is 7.80.